The van der Waals surface area contributed by atoms with E-state index in [0.29, 0.717) is 10.8 Å². The summed E-state index contributed by atoms with van der Waals surface area (Å²) in [6.45, 7) is 5.79. The van der Waals surface area contributed by atoms with Crippen LogP contribution in [0.4, 0.5) is 0 Å². The zero-order chi connectivity index (χ0) is 19.4. The van der Waals surface area contributed by atoms with Crippen molar-refractivity contribution in [2.75, 3.05) is 0 Å². The lowest BCUT2D eigenvalue weighted by molar-refractivity contribution is -0.128. The van der Waals surface area contributed by atoms with Crippen molar-refractivity contribution in [2.24, 2.45) is 0 Å². The maximum atomic E-state index is 12.7. The van der Waals surface area contributed by atoms with E-state index in [1.165, 1.54) is 36.0 Å². The molecular weight excluding hydrogens is 358 g/mol. The van der Waals surface area contributed by atoms with Gasteiger partial charge in [-0.3, -0.25) is 4.79 Å². The Kier molecular flexibility index (Phi) is 6.43. The van der Waals surface area contributed by atoms with E-state index in [1.54, 1.807) is 19.1 Å². The quantitative estimate of drug-likeness (QED) is 0.706. The van der Waals surface area contributed by atoms with Crippen LogP contribution in [0.1, 0.15) is 61.4 Å². The van der Waals surface area contributed by atoms with Gasteiger partial charge in [0.25, 0.3) is 5.91 Å². The van der Waals surface area contributed by atoms with Crippen LogP contribution in [0.5, 0.6) is 5.75 Å². The van der Waals surface area contributed by atoms with Crippen molar-refractivity contribution in [1.29, 1.82) is 0 Å². The number of ether oxygens (including phenoxy) is 1. The molecule has 1 aliphatic carbocycles. The average molecular weight is 386 g/mol. The summed E-state index contributed by atoms with van der Waals surface area (Å²) >= 11 is 6.05. The predicted octanol–water partition coefficient (Wildman–Crippen LogP) is 5.56. The summed E-state index contributed by atoms with van der Waals surface area (Å²) in [5, 5.41) is 3.84. The normalized spacial score (nSPS) is 15.6. The number of carbonyl (C=O) groups excluding carboxylic acids is 1. The fourth-order valence-corrected chi connectivity index (χ4v) is 3.75. The Bertz CT molecular complexity index is 818. The number of halogens is 1. The van der Waals surface area contributed by atoms with Gasteiger partial charge in [-0.25, -0.2) is 0 Å². The highest BCUT2D eigenvalue weighted by molar-refractivity contribution is 6.31. The van der Waals surface area contributed by atoms with Gasteiger partial charge in [0.15, 0.2) is 6.10 Å². The summed E-state index contributed by atoms with van der Waals surface area (Å²) in [7, 11) is 0. The van der Waals surface area contributed by atoms with Gasteiger partial charge >= 0.3 is 0 Å². The fourth-order valence-electron chi connectivity index (χ4n) is 3.63. The first-order chi connectivity index (χ1) is 13.0. The van der Waals surface area contributed by atoms with Gasteiger partial charge in [0.2, 0.25) is 0 Å². The lowest BCUT2D eigenvalue weighted by Crippen LogP contribution is -2.38. The molecule has 2 unspecified atom stereocenters. The topological polar surface area (TPSA) is 38.3 Å². The average Bonchev–Trinajstić information content (AvgIpc) is 2.68. The van der Waals surface area contributed by atoms with Crippen LogP contribution in [0, 0.1) is 6.92 Å². The van der Waals surface area contributed by atoms with Crippen molar-refractivity contribution in [1.82, 2.24) is 5.32 Å². The Hall–Kier alpha value is -2.00. The molecule has 0 fully saturated rings. The monoisotopic (exact) mass is 385 g/mol. The molecule has 0 spiro atoms. The van der Waals surface area contributed by atoms with Crippen LogP contribution in [0.15, 0.2) is 36.4 Å². The van der Waals surface area contributed by atoms with Gasteiger partial charge in [-0.15, -0.1) is 0 Å². The Balaban J connectivity index is 1.66. The van der Waals surface area contributed by atoms with E-state index in [4.69, 9.17) is 16.3 Å². The highest BCUT2D eigenvalue weighted by Gasteiger charge is 2.20. The molecule has 2 atom stereocenters. The third-order valence-electron chi connectivity index (χ3n) is 5.31. The standard InChI is InChI=1S/C23H28ClNO2/c1-4-22(19-10-9-17-7-5-6-8-18(17)14-19)25-23(26)16(3)27-20-11-12-21(24)15(2)13-20/h9-14,16,22H,4-8H2,1-3H3,(H,25,26). The molecule has 2 aromatic rings. The fraction of sp³-hybridized carbons (Fsp3) is 0.435. The number of benzene rings is 2. The molecule has 0 bridgehead atoms. The maximum absolute atomic E-state index is 12.7. The van der Waals surface area contributed by atoms with E-state index < -0.39 is 6.10 Å². The SMILES string of the molecule is CCC(NC(=O)C(C)Oc1ccc(Cl)c(C)c1)c1ccc2c(c1)CCCC2. The predicted molar refractivity (Wildman–Crippen MR) is 111 cm³/mol. The molecule has 27 heavy (non-hydrogen) atoms. The molecule has 1 amide bonds. The van der Waals surface area contributed by atoms with E-state index in [-0.39, 0.29) is 11.9 Å². The molecule has 3 rings (SSSR count). The van der Waals surface area contributed by atoms with Crippen LogP contribution in [-0.2, 0) is 17.6 Å². The second-order valence-electron chi connectivity index (χ2n) is 7.38. The van der Waals surface area contributed by atoms with Crippen molar-refractivity contribution < 1.29 is 9.53 Å². The smallest absolute Gasteiger partial charge is 0.261 e. The van der Waals surface area contributed by atoms with Gasteiger partial charge in [0.1, 0.15) is 5.75 Å². The summed E-state index contributed by atoms with van der Waals surface area (Å²) < 4.78 is 5.81. The Morgan fingerprint density at radius 3 is 2.59 bits per heavy atom. The van der Waals surface area contributed by atoms with Crippen molar-refractivity contribution in [3.05, 3.63) is 63.7 Å². The number of hydrogen-bond donors (Lipinski definition) is 1. The van der Waals surface area contributed by atoms with Crippen molar-refractivity contribution in [2.45, 2.75) is 65.0 Å². The molecule has 144 valence electrons. The Morgan fingerprint density at radius 2 is 1.89 bits per heavy atom. The van der Waals surface area contributed by atoms with Crippen molar-refractivity contribution >= 4 is 17.5 Å². The third kappa shape index (κ3) is 4.84. The van der Waals surface area contributed by atoms with Gasteiger partial charge in [-0.05, 0) is 86.4 Å². The minimum absolute atomic E-state index is 0.00253. The van der Waals surface area contributed by atoms with Crippen LogP contribution in [-0.4, -0.2) is 12.0 Å². The van der Waals surface area contributed by atoms with Crippen LogP contribution >= 0.6 is 11.6 Å². The number of carbonyl (C=O) groups is 1. The Morgan fingerprint density at radius 1 is 1.15 bits per heavy atom. The van der Waals surface area contributed by atoms with E-state index in [1.807, 2.05) is 13.0 Å². The molecule has 0 saturated heterocycles. The van der Waals surface area contributed by atoms with Gasteiger partial charge in [-0.1, -0.05) is 36.7 Å². The molecule has 4 heteroatoms. The largest absolute Gasteiger partial charge is 0.481 e. The third-order valence-corrected chi connectivity index (χ3v) is 5.74. The maximum Gasteiger partial charge on any atom is 0.261 e. The molecule has 2 aromatic carbocycles. The molecule has 3 nitrogen and oxygen atoms in total. The van der Waals surface area contributed by atoms with Gasteiger partial charge < -0.3 is 10.1 Å². The number of amides is 1. The van der Waals surface area contributed by atoms with Crippen molar-refractivity contribution in [3.8, 4) is 5.75 Å². The number of hydrogen-bond acceptors (Lipinski definition) is 2. The first-order valence-electron chi connectivity index (χ1n) is 9.82. The lowest BCUT2D eigenvalue weighted by atomic mass is 9.89. The molecule has 0 saturated carbocycles. The first-order valence-corrected chi connectivity index (χ1v) is 10.2. The van der Waals surface area contributed by atoms with E-state index in [2.05, 4.69) is 30.4 Å². The Labute approximate surface area is 167 Å². The first kappa shape index (κ1) is 19.8. The van der Waals surface area contributed by atoms with Gasteiger partial charge in [0, 0.05) is 5.02 Å². The number of rotatable bonds is 6. The molecule has 0 aliphatic heterocycles. The van der Waals surface area contributed by atoms with Crippen molar-refractivity contribution in [3.63, 3.8) is 0 Å². The summed E-state index contributed by atoms with van der Waals surface area (Å²) in [5.41, 5.74) is 5.01. The number of fused-ring (bicyclic) bond motifs is 1. The second kappa shape index (κ2) is 8.79. The summed E-state index contributed by atoms with van der Waals surface area (Å²) in [4.78, 5) is 12.7. The van der Waals surface area contributed by atoms with E-state index in [0.717, 1.165) is 18.4 Å². The van der Waals surface area contributed by atoms with E-state index >= 15 is 0 Å². The van der Waals surface area contributed by atoms with Crippen LogP contribution in [0.2, 0.25) is 5.02 Å². The molecule has 0 radical (unpaired) electrons. The zero-order valence-corrected chi connectivity index (χ0v) is 17.1. The number of nitrogens with one attached hydrogen (secondary N) is 1. The molecule has 1 aliphatic rings. The lowest BCUT2D eigenvalue weighted by Gasteiger charge is -2.23. The molecular formula is C23H28ClNO2. The number of aryl methyl sites for hydroxylation is 3. The van der Waals surface area contributed by atoms with Gasteiger partial charge in [0.05, 0.1) is 6.04 Å². The second-order valence-corrected chi connectivity index (χ2v) is 7.78. The molecule has 1 N–H and O–H groups in total. The summed E-state index contributed by atoms with van der Waals surface area (Å²) in [5.74, 6) is 0.550. The van der Waals surface area contributed by atoms with Crippen LogP contribution < -0.4 is 10.1 Å². The summed E-state index contributed by atoms with van der Waals surface area (Å²) in [6.07, 6.45) is 5.12. The summed E-state index contributed by atoms with van der Waals surface area (Å²) in [6, 6.07) is 12.1. The van der Waals surface area contributed by atoms with Crippen LogP contribution in [0.3, 0.4) is 0 Å². The molecule has 0 aromatic heterocycles. The van der Waals surface area contributed by atoms with Gasteiger partial charge in [-0.2, -0.15) is 0 Å². The highest BCUT2D eigenvalue weighted by Crippen LogP contribution is 2.26. The van der Waals surface area contributed by atoms with Crippen LogP contribution in [0.25, 0.3) is 0 Å². The minimum Gasteiger partial charge on any atom is -0.481 e. The zero-order valence-electron chi connectivity index (χ0n) is 16.3. The minimum atomic E-state index is -0.572. The highest BCUT2D eigenvalue weighted by atomic mass is 35.5. The van der Waals surface area contributed by atoms with E-state index in [9.17, 15) is 4.79 Å². The molecule has 0 heterocycles.